The normalized spacial score (nSPS) is 10.4. The van der Waals surface area contributed by atoms with Crippen molar-refractivity contribution in [3.05, 3.63) is 0 Å². The van der Waals surface area contributed by atoms with E-state index in [-0.39, 0.29) is 41.7 Å². The van der Waals surface area contributed by atoms with E-state index >= 15 is 0 Å². The van der Waals surface area contributed by atoms with Gasteiger partial charge in [-0.05, 0) is 12.8 Å². The molecule has 7 heteroatoms. The van der Waals surface area contributed by atoms with Crippen LogP contribution in [0.5, 0.6) is 0 Å². The van der Waals surface area contributed by atoms with Crippen LogP contribution in [0.15, 0.2) is 0 Å². The average molecular weight is 232 g/mol. The molecule has 0 unspecified atom stereocenters. The van der Waals surface area contributed by atoms with Crippen LogP contribution in [0.4, 0.5) is 0 Å². The second kappa shape index (κ2) is 8.67. The maximum Gasteiger partial charge on any atom is 1.00 e. The first-order valence-corrected chi connectivity index (χ1v) is 6.02. The summed E-state index contributed by atoms with van der Waals surface area (Å²) in [6.45, 7) is 0. The Morgan fingerprint density at radius 3 is 2.29 bits per heavy atom. The van der Waals surface area contributed by atoms with Gasteiger partial charge >= 0.3 is 29.6 Å². The summed E-state index contributed by atoms with van der Waals surface area (Å²) in [5.74, 6) is -0.668. The van der Waals surface area contributed by atoms with E-state index in [0.717, 1.165) is 0 Å². The largest absolute Gasteiger partial charge is 1.00 e. The fourth-order valence-electron chi connectivity index (χ4n) is 0.852. The average Bonchev–Trinajstić information content (AvgIpc) is 2.01. The minimum atomic E-state index is -2.91. The van der Waals surface area contributed by atoms with Gasteiger partial charge in [0.05, 0.1) is 0 Å². The van der Waals surface area contributed by atoms with Crippen molar-refractivity contribution in [1.29, 1.82) is 0 Å². The summed E-state index contributed by atoms with van der Waals surface area (Å²) in [7, 11) is -2.91. The third kappa shape index (κ3) is 12.4. The zero-order valence-corrected chi connectivity index (χ0v) is 11.3. The Hall–Kier alpha value is 0.380. The van der Waals surface area contributed by atoms with Crippen molar-refractivity contribution in [3.8, 4) is 0 Å². The van der Waals surface area contributed by atoms with Crippen LogP contribution in [0.1, 0.15) is 25.7 Å². The maximum atomic E-state index is 10.6. The first kappa shape index (κ1) is 16.8. The summed E-state index contributed by atoms with van der Waals surface area (Å²) in [6, 6.07) is 0. The number of carbonyl (C=O) groups excluding carboxylic acids is 1. The van der Waals surface area contributed by atoms with Gasteiger partial charge in [-0.2, -0.15) is 0 Å². The van der Waals surface area contributed by atoms with Crippen LogP contribution >= 0.6 is 0 Å². The fraction of sp³-hybridized carbons (Fsp3) is 0.857. The summed E-state index contributed by atoms with van der Waals surface area (Å²) in [5, 5.41) is 9.51. The number of hydrogen-bond acceptors (Lipinski definition) is 5. The van der Waals surface area contributed by atoms with Crippen molar-refractivity contribution in [2.45, 2.75) is 25.7 Å². The third-order valence-electron chi connectivity index (χ3n) is 1.49. The number of rotatable bonds is 6. The second-order valence-electron chi connectivity index (χ2n) is 2.90. The van der Waals surface area contributed by atoms with Gasteiger partial charge in [-0.1, -0.05) is 6.42 Å². The van der Waals surface area contributed by atoms with E-state index in [0.29, 0.717) is 19.3 Å². The third-order valence-corrected chi connectivity index (χ3v) is 2.52. The molecule has 0 amide bonds. The van der Waals surface area contributed by atoms with Crippen molar-refractivity contribution in [2.75, 3.05) is 12.0 Å². The predicted octanol–water partition coefficient (Wildman–Crippen LogP) is -3.59. The molecule has 0 aliphatic heterocycles. The van der Waals surface area contributed by atoms with E-state index in [1.807, 2.05) is 0 Å². The van der Waals surface area contributed by atoms with Gasteiger partial charge in [-0.25, -0.2) is 8.42 Å². The predicted molar refractivity (Wildman–Crippen MR) is 44.3 cm³/mol. The molecule has 14 heavy (non-hydrogen) atoms. The molecular formula is C7H13NaO5S. The van der Waals surface area contributed by atoms with Gasteiger partial charge in [0.2, 0.25) is 0 Å². The van der Waals surface area contributed by atoms with Crippen molar-refractivity contribution in [2.24, 2.45) is 0 Å². The smallest absolute Gasteiger partial charge is 0.662 e. The molecule has 0 aromatic carbocycles. The summed E-state index contributed by atoms with van der Waals surface area (Å²) in [5.41, 5.74) is 0. The molecule has 78 valence electrons. The molecule has 0 aromatic rings. The molecule has 0 saturated carbocycles. The molecule has 0 saturated heterocycles. The van der Waals surface area contributed by atoms with Crippen LogP contribution in [-0.4, -0.2) is 26.4 Å². The van der Waals surface area contributed by atoms with E-state index in [1.54, 1.807) is 0 Å². The van der Waals surface area contributed by atoms with Gasteiger partial charge in [0.15, 0.2) is 0 Å². The van der Waals surface area contributed by atoms with Gasteiger partial charge in [0.1, 0.15) is 9.84 Å². The van der Waals surface area contributed by atoms with Gasteiger partial charge in [0, 0.05) is 18.4 Å². The Kier molecular flexibility index (Phi) is 10.4. The molecule has 0 aromatic heterocycles. The summed E-state index contributed by atoms with van der Waals surface area (Å²) in [6.07, 6.45) is 2.86. The number of sulfone groups is 1. The van der Waals surface area contributed by atoms with Crippen LogP contribution in [0.2, 0.25) is 0 Å². The van der Waals surface area contributed by atoms with E-state index in [1.165, 1.54) is 6.26 Å². The van der Waals surface area contributed by atoms with Gasteiger partial charge in [0.25, 0.3) is 5.97 Å². The molecule has 0 heterocycles. The van der Waals surface area contributed by atoms with E-state index < -0.39 is 15.8 Å². The van der Waals surface area contributed by atoms with Crippen LogP contribution in [-0.2, 0) is 19.5 Å². The minimum absolute atomic E-state index is 0. The molecule has 0 N–H and O–H groups in total. The van der Waals surface area contributed by atoms with Crippen LogP contribution < -0.4 is 34.8 Å². The SMILES string of the molecule is CS(=O)(=O)CCCCCC(=O)O[O-].[Na+]. The molecule has 0 rings (SSSR count). The zero-order valence-electron chi connectivity index (χ0n) is 8.49. The van der Waals surface area contributed by atoms with Gasteiger partial charge in [-0.3, -0.25) is 4.79 Å². The number of hydrogen-bond donors (Lipinski definition) is 0. The Labute approximate surface area is 106 Å². The molecule has 0 aliphatic rings. The summed E-state index contributed by atoms with van der Waals surface area (Å²) >= 11 is 0. The Morgan fingerprint density at radius 1 is 1.29 bits per heavy atom. The Bertz CT molecular complexity index is 249. The summed E-state index contributed by atoms with van der Waals surface area (Å²) in [4.78, 5) is 13.5. The second-order valence-corrected chi connectivity index (χ2v) is 5.16. The molecule has 0 radical (unpaired) electrons. The molecule has 5 nitrogen and oxygen atoms in total. The number of unbranched alkanes of at least 4 members (excludes halogenated alkanes) is 2. The van der Waals surface area contributed by atoms with Crippen molar-refractivity contribution in [3.63, 3.8) is 0 Å². The van der Waals surface area contributed by atoms with Gasteiger partial charge in [-0.15, -0.1) is 0 Å². The Morgan fingerprint density at radius 2 is 1.86 bits per heavy atom. The van der Waals surface area contributed by atoms with Gasteiger partial charge < -0.3 is 10.1 Å². The molecule has 0 atom stereocenters. The fourth-order valence-corrected chi connectivity index (χ4v) is 1.58. The van der Waals surface area contributed by atoms with E-state index in [4.69, 9.17) is 0 Å². The standard InChI is InChI=1S/C7H14O5S.Na/c1-13(10,11)6-4-2-3-5-7(8)12-9;/h9H,2-6H2,1H3;/q;+1/p-1. The first-order valence-electron chi connectivity index (χ1n) is 3.96. The van der Waals surface area contributed by atoms with Crippen LogP contribution in [0.25, 0.3) is 0 Å². The van der Waals surface area contributed by atoms with Crippen molar-refractivity contribution in [1.82, 2.24) is 0 Å². The van der Waals surface area contributed by atoms with Crippen LogP contribution in [0, 0.1) is 0 Å². The molecular weight excluding hydrogens is 219 g/mol. The first-order chi connectivity index (χ1) is 5.95. The molecule has 0 aliphatic carbocycles. The maximum absolute atomic E-state index is 10.6. The van der Waals surface area contributed by atoms with E-state index in [2.05, 4.69) is 4.89 Å². The molecule has 0 spiro atoms. The summed E-state index contributed by atoms with van der Waals surface area (Å²) < 4.78 is 21.3. The van der Waals surface area contributed by atoms with Crippen LogP contribution in [0.3, 0.4) is 0 Å². The van der Waals surface area contributed by atoms with Crippen molar-refractivity contribution >= 4 is 15.8 Å². The van der Waals surface area contributed by atoms with E-state index in [9.17, 15) is 18.5 Å². The zero-order chi connectivity index (χ0) is 10.3. The quantitative estimate of drug-likeness (QED) is 0.205. The topological polar surface area (TPSA) is 83.5 Å². The van der Waals surface area contributed by atoms with Crippen molar-refractivity contribution < 1.29 is 52.9 Å². The molecule has 0 fully saturated rings. The molecule has 0 bridgehead atoms. The number of carbonyl (C=O) groups is 1. The monoisotopic (exact) mass is 232 g/mol. The minimum Gasteiger partial charge on any atom is -0.662 e. The Balaban J connectivity index is 0.